The van der Waals surface area contributed by atoms with E-state index in [4.69, 9.17) is 0 Å². The van der Waals surface area contributed by atoms with Gasteiger partial charge in [0.05, 0.1) is 0 Å². The summed E-state index contributed by atoms with van der Waals surface area (Å²) < 4.78 is 0. The number of phenols is 1. The van der Waals surface area contributed by atoms with Crippen LogP contribution in [0.4, 0.5) is 0 Å². The largest absolute Gasteiger partial charge is 0.507 e. The third-order valence-corrected chi connectivity index (χ3v) is 6.15. The van der Waals surface area contributed by atoms with Crippen molar-refractivity contribution in [3.63, 3.8) is 0 Å². The van der Waals surface area contributed by atoms with Gasteiger partial charge in [0.2, 0.25) is 0 Å². The fourth-order valence-electron chi connectivity index (χ4n) is 4.77. The number of carboxylic acids is 1. The van der Waals surface area contributed by atoms with Crippen molar-refractivity contribution in [2.45, 2.75) is 64.7 Å². The molecule has 3 nitrogen and oxygen atoms in total. The second kappa shape index (κ2) is 5.40. The summed E-state index contributed by atoms with van der Waals surface area (Å²) in [6.07, 6.45) is 3.19. The van der Waals surface area contributed by atoms with Crippen LogP contribution in [0.3, 0.4) is 0 Å². The van der Waals surface area contributed by atoms with E-state index < -0.39 is 5.97 Å². The Bertz CT molecular complexity index is 699. The van der Waals surface area contributed by atoms with E-state index in [0.29, 0.717) is 23.7 Å². The van der Waals surface area contributed by atoms with Crippen LogP contribution in [0.5, 0.6) is 5.75 Å². The van der Waals surface area contributed by atoms with Crippen molar-refractivity contribution in [2.24, 2.45) is 5.92 Å². The molecule has 3 heteroatoms. The van der Waals surface area contributed by atoms with Gasteiger partial charge < -0.3 is 10.2 Å². The summed E-state index contributed by atoms with van der Waals surface area (Å²) in [6, 6.07) is 4.23. The first kappa shape index (κ1) is 16.1. The van der Waals surface area contributed by atoms with Crippen LogP contribution in [0.1, 0.15) is 69.6 Å². The van der Waals surface area contributed by atoms with E-state index in [1.165, 1.54) is 5.56 Å². The summed E-state index contributed by atoms with van der Waals surface area (Å²) in [5.74, 6) is 0.257. The zero-order chi connectivity index (χ0) is 16.9. The molecule has 0 spiro atoms. The Kier molecular flexibility index (Phi) is 3.78. The number of hydrogen-bond donors (Lipinski definition) is 2. The van der Waals surface area contributed by atoms with Crippen molar-refractivity contribution in [3.8, 4) is 5.75 Å². The zero-order valence-electron chi connectivity index (χ0n) is 14.4. The average Bonchev–Trinajstić information content (AvgIpc) is 2.47. The first-order valence-electron chi connectivity index (χ1n) is 8.55. The predicted molar refractivity (Wildman–Crippen MR) is 90.9 cm³/mol. The molecule has 3 rings (SSSR count). The van der Waals surface area contributed by atoms with Gasteiger partial charge in [-0.1, -0.05) is 38.5 Å². The molecular weight excluding hydrogens is 288 g/mol. The average molecular weight is 314 g/mol. The Morgan fingerprint density at radius 3 is 2.61 bits per heavy atom. The predicted octanol–water partition coefficient (Wildman–Crippen LogP) is 4.53. The molecule has 2 aliphatic carbocycles. The highest BCUT2D eigenvalue weighted by molar-refractivity contribution is 5.88. The second-order valence-corrected chi connectivity index (χ2v) is 7.66. The monoisotopic (exact) mass is 314 g/mol. The van der Waals surface area contributed by atoms with E-state index in [-0.39, 0.29) is 11.3 Å². The fraction of sp³-hybridized carbons (Fsp3) is 0.550. The van der Waals surface area contributed by atoms with Gasteiger partial charge in [-0.3, -0.25) is 0 Å². The topological polar surface area (TPSA) is 57.5 Å². The molecule has 0 aliphatic heterocycles. The van der Waals surface area contributed by atoms with Crippen molar-refractivity contribution in [1.82, 2.24) is 0 Å². The number of aromatic hydroxyl groups is 1. The van der Waals surface area contributed by atoms with E-state index in [0.717, 1.165) is 36.0 Å². The smallest absolute Gasteiger partial charge is 0.331 e. The minimum atomic E-state index is -0.770. The summed E-state index contributed by atoms with van der Waals surface area (Å²) in [5.41, 5.74) is 4.88. The number of allylic oxidation sites excluding steroid dienone is 1. The highest BCUT2D eigenvalue weighted by Crippen LogP contribution is 2.53. The van der Waals surface area contributed by atoms with Gasteiger partial charge in [-0.05, 0) is 66.5 Å². The molecule has 0 fully saturated rings. The molecule has 0 amide bonds. The molecule has 23 heavy (non-hydrogen) atoms. The Labute approximate surface area is 138 Å². The highest BCUT2D eigenvalue weighted by Gasteiger charge is 2.45. The molecule has 1 aromatic carbocycles. The molecule has 1 aromatic rings. The standard InChI is InChI=1S/C20H26O3/c1-11(2)13-5-8-17-15(18(13)21)6-7-16-12(3)14(19(22)23)9-10-20(16,17)4/h5,8,11,16,21H,6-7,9-10H2,1-4H3,(H,22,23)/t16-,20-/m0/s1. The lowest BCUT2D eigenvalue weighted by Crippen LogP contribution is -2.41. The fourth-order valence-corrected chi connectivity index (χ4v) is 4.77. The minimum Gasteiger partial charge on any atom is -0.507 e. The van der Waals surface area contributed by atoms with Crippen molar-refractivity contribution in [1.29, 1.82) is 0 Å². The van der Waals surface area contributed by atoms with E-state index in [9.17, 15) is 15.0 Å². The van der Waals surface area contributed by atoms with Gasteiger partial charge in [-0.2, -0.15) is 0 Å². The lowest BCUT2D eigenvalue weighted by molar-refractivity contribution is -0.133. The van der Waals surface area contributed by atoms with Crippen LogP contribution >= 0.6 is 0 Å². The third-order valence-electron chi connectivity index (χ3n) is 6.15. The molecule has 0 radical (unpaired) electrons. The molecule has 124 valence electrons. The quantitative estimate of drug-likeness (QED) is 0.843. The van der Waals surface area contributed by atoms with Gasteiger partial charge in [-0.15, -0.1) is 0 Å². The van der Waals surface area contributed by atoms with Gasteiger partial charge in [-0.25, -0.2) is 4.79 Å². The third kappa shape index (κ3) is 2.29. The molecule has 0 saturated carbocycles. The van der Waals surface area contributed by atoms with E-state index in [2.05, 4.69) is 32.9 Å². The summed E-state index contributed by atoms with van der Waals surface area (Å²) in [5, 5.41) is 20.1. The molecule has 0 heterocycles. The maximum absolute atomic E-state index is 11.5. The number of benzene rings is 1. The van der Waals surface area contributed by atoms with Gasteiger partial charge in [0, 0.05) is 5.57 Å². The van der Waals surface area contributed by atoms with Gasteiger partial charge in [0.1, 0.15) is 5.75 Å². The molecule has 0 bridgehead atoms. The Hall–Kier alpha value is -1.77. The molecule has 0 saturated heterocycles. The van der Waals surface area contributed by atoms with Crippen LogP contribution in [-0.2, 0) is 16.6 Å². The number of rotatable bonds is 2. The number of hydrogen-bond acceptors (Lipinski definition) is 2. The number of carboxylic acid groups (broad SMARTS) is 1. The van der Waals surface area contributed by atoms with E-state index in [1.807, 2.05) is 6.92 Å². The first-order valence-corrected chi connectivity index (χ1v) is 8.55. The normalized spacial score (nSPS) is 26.9. The van der Waals surface area contributed by atoms with Gasteiger partial charge in [0.15, 0.2) is 0 Å². The van der Waals surface area contributed by atoms with Crippen LogP contribution in [0, 0.1) is 5.92 Å². The molecule has 2 atom stereocenters. The number of aliphatic carboxylic acids is 1. The highest BCUT2D eigenvalue weighted by atomic mass is 16.4. The van der Waals surface area contributed by atoms with Crippen LogP contribution in [0.15, 0.2) is 23.3 Å². The van der Waals surface area contributed by atoms with Gasteiger partial charge >= 0.3 is 5.97 Å². The van der Waals surface area contributed by atoms with Crippen molar-refractivity contribution >= 4 is 5.97 Å². The summed E-state index contributed by atoms with van der Waals surface area (Å²) in [7, 11) is 0. The van der Waals surface area contributed by atoms with Crippen molar-refractivity contribution in [3.05, 3.63) is 40.0 Å². The molecule has 0 unspecified atom stereocenters. The summed E-state index contributed by atoms with van der Waals surface area (Å²) in [6.45, 7) is 8.42. The Morgan fingerprint density at radius 1 is 1.30 bits per heavy atom. The molecule has 2 aliphatic rings. The number of phenolic OH excluding ortho intramolecular Hbond substituents is 1. The van der Waals surface area contributed by atoms with E-state index in [1.54, 1.807) is 0 Å². The summed E-state index contributed by atoms with van der Waals surface area (Å²) in [4.78, 5) is 11.5. The Balaban J connectivity index is 2.12. The molecular formula is C20H26O3. The Morgan fingerprint density at radius 2 is 2.00 bits per heavy atom. The second-order valence-electron chi connectivity index (χ2n) is 7.66. The van der Waals surface area contributed by atoms with Crippen LogP contribution in [-0.4, -0.2) is 16.2 Å². The molecule has 2 N–H and O–H groups in total. The molecule has 0 aromatic heterocycles. The summed E-state index contributed by atoms with van der Waals surface area (Å²) >= 11 is 0. The number of carbonyl (C=O) groups is 1. The van der Waals surface area contributed by atoms with E-state index >= 15 is 0 Å². The minimum absolute atomic E-state index is 0.0659. The lowest BCUT2D eigenvalue weighted by Gasteiger charge is -2.47. The number of fused-ring (bicyclic) bond motifs is 3. The zero-order valence-corrected chi connectivity index (χ0v) is 14.4. The maximum atomic E-state index is 11.5. The van der Waals surface area contributed by atoms with Crippen LogP contribution < -0.4 is 0 Å². The lowest BCUT2D eigenvalue weighted by atomic mass is 9.56. The van der Waals surface area contributed by atoms with Gasteiger partial charge in [0.25, 0.3) is 0 Å². The van der Waals surface area contributed by atoms with Crippen molar-refractivity contribution < 1.29 is 15.0 Å². The van der Waals surface area contributed by atoms with Crippen LogP contribution in [0.25, 0.3) is 0 Å². The SMILES string of the molecule is CC1=C(C(=O)O)CC[C@]2(C)c3ccc(C(C)C)c(O)c3CC[C@@H]12. The first-order chi connectivity index (χ1) is 10.8. The maximum Gasteiger partial charge on any atom is 0.331 e. The van der Waals surface area contributed by atoms with Crippen LogP contribution in [0.2, 0.25) is 0 Å². The van der Waals surface area contributed by atoms with Crippen molar-refractivity contribution in [2.75, 3.05) is 0 Å².